The zero-order chi connectivity index (χ0) is 28.2. The van der Waals surface area contributed by atoms with Gasteiger partial charge in [-0.2, -0.15) is 0 Å². The van der Waals surface area contributed by atoms with Crippen LogP contribution in [0.1, 0.15) is 50.2 Å². The summed E-state index contributed by atoms with van der Waals surface area (Å²) < 4.78 is 0. The fraction of sp³-hybridized carbons (Fsp3) is 0.538. The quantitative estimate of drug-likeness (QED) is 0.294. The summed E-state index contributed by atoms with van der Waals surface area (Å²) >= 11 is 0. The van der Waals surface area contributed by atoms with Gasteiger partial charge in [-0.1, -0.05) is 12.1 Å². The minimum Gasteiger partial charge on any atom is -0.481 e. The smallest absolute Gasteiger partial charge is 0.336 e. The SMILES string of the molecule is CCN(CC)C(=O)N[C@H]1C[C@@H]2c3cccc4[nH]cc(c34)C[C@H]2N(C)C1.O=C(O)CC(O)(CC(=O)O)C(=O)O. The van der Waals surface area contributed by atoms with Crippen LogP contribution in [0.4, 0.5) is 4.79 Å². The Bertz CT molecular complexity index is 1180. The van der Waals surface area contributed by atoms with Gasteiger partial charge in [-0.05, 0) is 50.9 Å². The summed E-state index contributed by atoms with van der Waals surface area (Å²) in [5.74, 6) is -4.54. The first kappa shape index (κ1) is 28.9. The lowest BCUT2D eigenvalue weighted by molar-refractivity contribution is -0.170. The molecule has 6 N–H and O–H groups in total. The maximum Gasteiger partial charge on any atom is 0.336 e. The van der Waals surface area contributed by atoms with Gasteiger partial charge in [0.1, 0.15) is 0 Å². The molecule has 208 valence electrons. The Morgan fingerprint density at radius 3 is 2.29 bits per heavy atom. The average molecular weight is 533 g/mol. The first-order valence-corrected chi connectivity index (χ1v) is 12.6. The Balaban J connectivity index is 0.000000263. The summed E-state index contributed by atoms with van der Waals surface area (Å²) in [7, 11) is 2.20. The first-order chi connectivity index (χ1) is 17.9. The summed E-state index contributed by atoms with van der Waals surface area (Å²) in [4.78, 5) is 50.7. The van der Waals surface area contributed by atoms with Gasteiger partial charge in [-0.3, -0.25) is 9.59 Å². The number of aromatic amines is 1. The van der Waals surface area contributed by atoms with Gasteiger partial charge in [0.2, 0.25) is 0 Å². The normalized spacial score (nSPS) is 20.6. The molecule has 0 bridgehead atoms. The van der Waals surface area contributed by atoms with Crippen molar-refractivity contribution >= 4 is 34.8 Å². The zero-order valence-corrected chi connectivity index (χ0v) is 21.8. The van der Waals surface area contributed by atoms with E-state index in [2.05, 4.69) is 46.6 Å². The molecule has 0 spiro atoms. The van der Waals surface area contributed by atoms with E-state index in [4.69, 9.17) is 20.4 Å². The maximum absolute atomic E-state index is 12.5. The summed E-state index contributed by atoms with van der Waals surface area (Å²) in [6.45, 7) is 6.48. The van der Waals surface area contributed by atoms with E-state index in [0.717, 1.165) is 32.5 Å². The van der Waals surface area contributed by atoms with Gasteiger partial charge in [-0.25, -0.2) is 9.59 Å². The van der Waals surface area contributed by atoms with Crippen molar-refractivity contribution in [1.82, 2.24) is 20.1 Å². The van der Waals surface area contributed by atoms with E-state index >= 15 is 0 Å². The van der Waals surface area contributed by atoms with E-state index < -0.39 is 36.4 Å². The molecule has 2 aliphatic rings. The molecular weight excluding hydrogens is 496 g/mol. The average Bonchev–Trinajstić information content (AvgIpc) is 3.24. The number of carbonyl (C=O) groups excluding carboxylic acids is 1. The molecular formula is C26H36N4O8. The molecule has 0 radical (unpaired) electrons. The molecule has 1 aromatic heterocycles. The Morgan fingerprint density at radius 2 is 1.74 bits per heavy atom. The number of carbonyl (C=O) groups is 4. The minimum atomic E-state index is -2.74. The van der Waals surface area contributed by atoms with E-state index in [1.807, 2.05) is 18.7 Å². The van der Waals surface area contributed by atoms with Gasteiger partial charge < -0.3 is 40.5 Å². The van der Waals surface area contributed by atoms with Gasteiger partial charge in [0.05, 0.1) is 12.8 Å². The molecule has 2 amide bonds. The van der Waals surface area contributed by atoms with Crippen LogP contribution in [0.25, 0.3) is 10.9 Å². The molecule has 12 heteroatoms. The predicted molar refractivity (Wildman–Crippen MR) is 138 cm³/mol. The fourth-order valence-corrected chi connectivity index (χ4v) is 5.54. The number of amides is 2. The monoisotopic (exact) mass is 532 g/mol. The van der Waals surface area contributed by atoms with Crippen molar-refractivity contribution in [3.63, 3.8) is 0 Å². The first-order valence-electron chi connectivity index (χ1n) is 12.6. The fourth-order valence-electron chi connectivity index (χ4n) is 5.54. The van der Waals surface area contributed by atoms with Crippen molar-refractivity contribution in [2.75, 3.05) is 26.7 Å². The van der Waals surface area contributed by atoms with Crippen molar-refractivity contribution in [2.24, 2.45) is 0 Å². The van der Waals surface area contributed by atoms with Crippen molar-refractivity contribution in [3.05, 3.63) is 35.5 Å². The van der Waals surface area contributed by atoms with Crippen LogP contribution in [0, 0.1) is 0 Å². The van der Waals surface area contributed by atoms with Crippen LogP contribution in [0.2, 0.25) is 0 Å². The Morgan fingerprint density at radius 1 is 1.11 bits per heavy atom. The molecule has 2 heterocycles. The molecule has 12 nitrogen and oxygen atoms in total. The molecule has 1 aliphatic carbocycles. The molecule has 1 saturated heterocycles. The van der Waals surface area contributed by atoms with Gasteiger partial charge in [-0.15, -0.1) is 0 Å². The number of carboxylic acid groups (broad SMARTS) is 3. The van der Waals surface area contributed by atoms with E-state index in [1.165, 1.54) is 22.0 Å². The van der Waals surface area contributed by atoms with E-state index in [0.29, 0.717) is 12.0 Å². The maximum atomic E-state index is 12.5. The lowest BCUT2D eigenvalue weighted by Gasteiger charge is -2.45. The number of nitrogens with one attached hydrogen (secondary N) is 2. The molecule has 1 fully saturated rings. The zero-order valence-electron chi connectivity index (χ0n) is 21.8. The number of likely N-dealkylation sites (tertiary alicyclic amines) is 1. The lowest BCUT2D eigenvalue weighted by Crippen LogP contribution is -2.56. The summed E-state index contributed by atoms with van der Waals surface area (Å²) in [5, 5.41) is 38.5. The number of urea groups is 1. The second-order valence-corrected chi connectivity index (χ2v) is 9.93. The highest BCUT2D eigenvalue weighted by Gasteiger charge is 2.41. The number of nitrogens with zero attached hydrogens (tertiary/aromatic N) is 2. The number of piperidine rings is 1. The molecule has 1 aliphatic heterocycles. The van der Waals surface area contributed by atoms with Crippen LogP contribution in [0.3, 0.4) is 0 Å². The number of carboxylic acids is 3. The Kier molecular flexibility index (Phi) is 9.00. The summed E-state index contributed by atoms with van der Waals surface area (Å²) in [6.07, 6.45) is 2.00. The number of aliphatic carboxylic acids is 3. The number of hydrogen-bond acceptors (Lipinski definition) is 6. The molecule has 2 aromatic rings. The number of fused-ring (bicyclic) bond motifs is 2. The summed E-state index contributed by atoms with van der Waals surface area (Å²) in [6, 6.07) is 7.38. The van der Waals surface area contributed by atoms with Gasteiger partial charge in [0.25, 0.3) is 0 Å². The largest absolute Gasteiger partial charge is 0.481 e. The Labute approximate surface area is 220 Å². The van der Waals surface area contributed by atoms with E-state index in [-0.39, 0.29) is 12.1 Å². The number of hydrogen-bond donors (Lipinski definition) is 6. The van der Waals surface area contributed by atoms with E-state index in [1.54, 1.807) is 0 Å². The molecule has 3 atom stereocenters. The third-order valence-electron chi connectivity index (χ3n) is 7.39. The lowest BCUT2D eigenvalue weighted by atomic mass is 9.74. The second-order valence-electron chi connectivity index (χ2n) is 9.93. The Hall–Kier alpha value is -3.64. The predicted octanol–water partition coefficient (Wildman–Crippen LogP) is 1.68. The highest BCUT2D eigenvalue weighted by atomic mass is 16.4. The van der Waals surface area contributed by atoms with Crippen LogP contribution < -0.4 is 5.32 Å². The third kappa shape index (κ3) is 6.25. The van der Waals surface area contributed by atoms with Crippen molar-refractivity contribution in [1.29, 1.82) is 0 Å². The highest BCUT2D eigenvalue weighted by molar-refractivity contribution is 5.89. The number of benzene rings is 1. The number of likely N-dealkylation sites (N-methyl/N-ethyl adjacent to an activating group) is 1. The molecule has 0 saturated carbocycles. The van der Waals surface area contributed by atoms with Gasteiger partial charge in [0, 0.05) is 54.7 Å². The van der Waals surface area contributed by atoms with Crippen LogP contribution in [-0.2, 0) is 20.8 Å². The molecule has 1 aromatic carbocycles. The van der Waals surface area contributed by atoms with Crippen LogP contribution in [0.5, 0.6) is 0 Å². The van der Waals surface area contributed by atoms with Crippen molar-refractivity contribution in [2.45, 2.75) is 63.1 Å². The highest BCUT2D eigenvalue weighted by Crippen LogP contribution is 2.42. The van der Waals surface area contributed by atoms with Gasteiger partial charge >= 0.3 is 23.9 Å². The number of aromatic nitrogens is 1. The number of aliphatic hydroxyl groups is 1. The van der Waals surface area contributed by atoms with Crippen LogP contribution in [0.15, 0.2) is 24.4 Å². The number of rotatable bonds is 8. The van der Waals surface area contributed by atoms with Crippen LogP contribution in [-0.4, -0.2) is 104 Å². The molecule has 4 rings (SSSR count). The second kappa shape index (κ2) is 11.8. The standard InChI is InChI=1S/C20H28N4O.C6H8O7/c1-4-24(5-2)20(25)22-14-10-16-15-7-6-8-17-19(15)13(11-21-17)9-18(16)23(3)12-14;7-3(8)1-6(13,5(11)12)2-4(9)10/h6-8,11,14,16,18,21H,4-5,9-10,12H2,1-3H3,(H,22,25);13H,1-2H2,(H,7,8)(H,9,10)(H,11,12)/t14-,16+,18+;/m0./s1. The van der Waals surface area contributed by atoms with Crippen molar-refractivity contribution in [3.8, 4) is 0 Å². The number of H-pyrrole nitrogens is 1. The minimum absolute atomic E-state index is 0.0678. The topological polar surface area (TPSA) is 183 Å². The van der Waals surface area contributed by atoms with Crippen molar-refractivity contribution < 1.29 is 39.6 Å². The molecule has 38 heavy (non-hydrogen) atoms. The van der Waals surface area contributed by atoms with Gasteiger partial charge in [0.15, 0.2) is 5.60 Å². The third-order valence-corrected chi connectivity index (χ3v) is 7.39. The molecule has 0 unspecified atom stereocenters. The summed E-state index contributed by atoms with van der Waals surface area (Å²) in [5.41, 5.74) is 1.38. The van der Waals surface area contributed by atoms with E-state index in [9.17, 15) is 19.2 Å². The van der Waals surface area contributed by atoms with Crippen LogP contribution >= 0.6 is 0 Å².